The normalized spacial score (nSPS) is 19.8. The monoisotopic (exact) mass is 485 g/mol. The second kappa shape index (κ2) is 10.6. The van der Waals surface area contributed by atoms with Crippen LogP contribution in [0, 0.1) is 18.7 Å². The zero-order valence-electron chi connectivity index (χ0n) is 21.1. The minimum Gasteiger partial charge on any atom is -0.491 e. The minimum absolute atomic E-state index is 0.354. The molecule has 0 radical (unpaired) electrons. The minimum atomic E-state index is -1.17. The smallest absolute Gasteiger partial charge is 0.140 e. The lowest BCUT2D eigenvalue weighted by atomic mass is 9.97. The molecular formula is C28H37F2N3O2. The van der Waals surface area contributed by atoms with Crippen LogP contribution in [0.3, 0.4) is 0 Å². The van der Waals surface area contributed by atoms with Crippen molar-refractivity contribution in [2.45, 2.75) is 51.8 Å². The molecule has 0 spiro atoms. The number of nitrogens with zero attached hydrogens (tertiary/aromatic N) is 3. The van der Waals surface area contributed by atoms with Crippen molar-refractivity contribution in [1.29, 1.82) is 0 Å². The molecule has 1 N–H and O–H groups in total. The Morgan fingerprint density at radius 1 is 1.20 bits per heavy atom. The van der Waals surface area contributed by atoms with Gasteiger partial charge in [-0.2, -0.15) is 0 Å². The van der Waals surface area contributed by atoms with E-state index in [2.05, 4.69) is 16.5 Å². The van der Waals surface area contributed by atoms with Gasteiger partial charge in [-0.3, -0.25) is 4.98 Å². The maximum Gasteiger partial charge on any atom is 0.140 e. The summed E-state index contributed by atoms with van der Waals surface area (Å²) in [6, 6.07) is 6.92. The molecule has 2 saturated heterocycles. The molecule has 2 aliphatic heterocycles. The number of aryl methyl sites for hydroxylation is 1. The number of aromatic nitrogens is 1. The predicted molar refractivity (Wildman–Crippen MR) is 135 cm³/mol. The highest BCUT2D eigenvalue weighted by Crippen LogP contribution is 2.30. The Labute approximate surface area is 207 Å². The fourth-order valence-electron chi connectivity index (χ4n) is 4.96. The van der Waals surface area contributed by atoms with Crippen LogP contribution in [-0.4, -0.2) is 71.0 Å². The lowest BCUT2D eigenvalue weighted by molar-refractivity contribution is 0.0835. The molecular weight excluding hydrogens is 448 g/mol. The molecule has 7 heteroatoms. The van der Waals surface area contributed by atoms with Crippen molar-refractivity contribution in [2.24, 2.45) is 5.92 Å². The van der Waals surface area contributed by atoms with Gasteiger partial charge in [0.05, 0.1) is 24.6 Å². The molecule has 5 nitrogen and oxygen atoms in total. The molecule has 2 fully saturated rings. The Balaban J connectivity index is 1.35. The van der Waals surface area contributed by atoms with Crippen LogP contribution in [0.15, 0.2) is 37.0 Å². The second-order valence-electron chi connectivity index (χ2n) is 10.6. The van der Waals surface area contributed by atoms with Crippen molar-refractivity contribution in [2.75, 3.05) is 39.3 Å². The largest absolute Gasteiger partial charge is 0.491 e. The van der Waals surface area contributed by atoms with E-state index in [9.17, 15) is 9.50 Å². The molecule has 1 atom stereocenters. The number of hydrogen-bond donors (Lipinski definition) is 1. The van der Waals surface area contributed by atoms with E-state index in [1.807, 2.05) is 24.0 Å². The number of rotatable bonds is 8. The van der Waals surface area contributed by atoms with E-state index in [-0.39, 0.29) is 11.9 Å². The molecule has 3 heterocycles. The highest BCUT2D eigenvalue weighted by Gasteiger charge is 2.26. The van der Waals surface area contributed by atoms with E-state index >= 15 is 4.39 Å². The van der Waals surface area contributed by atoms with Gasteiger partial charge in [-0.25, -0.2) is 8.78 Å². The van der Waals surface area contributed by atoms with Gasteiger partial charge in [-0.1, -0.05) is 12.6 Å². The summed E-state index contributed by atoms with van der Waals surface area (Å²) in [5, 5.41) is 9.76. The van der Waals surface area contributed by atoms with Crippen LogP contribution < -0.4 is 4.74 Å². The van der Waals surface area contributed by atoms with E-state index < -0.39 is 5.67 Å². The van der Waals surface area contributed by atoms with Crippen molar-refractivity contribution in [3.05, 3.63) is 54.0 Å². The number of ether oxygens (including phenoxy) is 1. The SMILES string of the molecule is C=C(c1ccc(-c2cc(C)c(OCC3CCN(CC(C)(C)F)CC3)cn2)c(F)c1)N1CCC(O)C1. The third-order valence-electron chi connectivity index (χ3n) is 6.97. The van der Waals surface area contributed by atoms with E-state index in [0.717, 1.165) is 43.7 Å². The molecule has 35 heavy (non-hydrogen) atoms. The van der Waals surface area contributed by atoms with Gasteiger partial charge in [0, 0.05) is 36.5 Å². The summed E-state index contributed by atoms with van der Waals surface area (Å²) in [5.41, 5.74) is 2.16. The molecule has 0 aliphatic carbocycles. The van der Waals surface area contributed by atoms with Crippen LogP contribution in [0.25, 0.3) is 17.0 Å². The number of β-amino-alcohol motifs (C(OH)–C–C–N with tert-alkyl or cyclic N) is 1. The number of aliphatic hydroxyl groups excluding tert-OH is 1. The van der Waals surface area contributed by atoms with Crippen molar-refractivity contribution in [3.8, 4) is 17.0 Å². The van der Waals surface area contributed by atoms with Crippen LogP contribution in [-0.2, 0) is 0 Å². The predicted octanol–water partition coefficient (Wildman–Crippen LogP) is 5.07. The van der Waals surface area contributed by atoms with Crippen molar-refractivity contribution in [3.63, 3.8) is 0 Å². The first-order valence-electron chi connectivity index (χ1n) is 12.5. The third-order valence-corrected chi connectivity index (χ3v) is 6.97. The molecule has 0 amide bonds. The number of pyridine rings is 1. The number of piperidine rings is 1. The summed E-state index contributed by atoms with van der Waals surface area (Å²) >= 11 is 0. The van der Waals surface area contributed by atoms with E-state index in [1.54, 1.807) is 26.1 Å². The maximum absolute atomic E-state index is 15.0. The van der Waals surface area contributed by atoms with Gasteiger partial charge < -0.3 is 19.6 Å². The number of halogens is 2. The van der Waals surface area contributed by atoms with Crippen LogP contribution in [0.5, 0.6) is 5.75 Å². The third kappa shape index (κ3) is 6.58. The average molecular weight is 486 g/mol. The first-order chi connectivity index (χ1) is 16.6. The molecule has 2 aliphatic rings. The van der Waals surface area contributed by atoms with Gasteiger partial charge in [0.1, 0.15) is 17.2 Å². The first kappa shape index (κ1) is 25.6. The quantitative estimate of drug-likeness (QED) is 0.566. The number of likely N-dealkylation sites (tertiary alicyclic amines) is 2. The van der Waals surface area contributed by atoms with Crippen molar-refractivity contribution >= 4 is 5.70 Å². The molecule has 1 unspecified atom stereocenters. The van der Waals surface area contributed by atoms with Crippen molar-refractivity contribution in [1.82, 2.24) is 14.8 Å². The van der Waals surface area contributed by atoms with E-state index in [4.69, 9.17) is 4.74 Å². The molecule has 2 aromatic rings. The van der Waals surface area contributed by atoms with Gasteiger partial charge in [-0.05, 0) is 82.8 Å². The van der Waals surface area contributed by atoms with Gasteiger partial charge in [0.2, 0.25) is 0 Å². The Morgan fingerprint density at radius 2 is 1.94 bits per heavy atom. The first-order valence-corrected chi connectivity index (χ1v) is 12.5. The van der Waals surface area contributed by atoms with Gasteiger partial charge in [0.25, 0.3) is 0 Å². The summed E-state index contributed by atoms with van der Waals surface area (Å²) in [5.74, 6) is 0.786. The van der Waals surface area contributed by atoms with Crippen molar-refractivity contribution < 1.29 is 18.6 Å². The van der Waals surface area contributed by atoms with Crippen LogP contribution in [0.1, 0.15) is 44.2 Å². The lowest BCUT2D eigenvalue weighted by Crippen LogP contribution is -2.41. The van der Waals surface area contributed by atoms with Gasteiger partial charge in [-0.15, -0.1) is 0 Å². The summed E-state index contributed by atoms with van der Waals surface area (Å²) in [4.78, 5) is 8.64. The molecule has 0 bridgehead atoms. The van der Waals surface area contributed by atoms with Gasteiger partial charge in [0.15, 0.2) is 0 Å². The molecule has 4 rings (SSSR count). The van der Waals surface area contributed by atoms with E-state index in [0.29, 0.717) is 54.6 Å². The van der Waals surface area contributed by atoms with Crippen LogP contribution in [0.2, 0.25) is 0 Å². The average Bonchev–Trinajstić information content (AvgIpc) is 3.24. The summed E-state index contributed by atoms with van der Waals surface area (Å²) in [7, 11) is 0. The van der Waals surface area contributed by atoms with E-state index in [1.165, 1.54) is 6.07 Å². The molecule has 1 aromatic heterocycles. The Bertz CT molecular complexity index is 1040. The summed E-state index contributed by atoms with van der Waals surface area (Å²) < 4.78 is 35.0. The zero-order valence-corrected chi connectivity index (χ0v) is 21.1. The molecule has 1 aromatic carbocycles. The fraction of sp³-hybridized carbons (Fsp3) is 0.536. The summed E-state index contributed by atoms with van der Waals surface area (Å²) in [6.07, 6.45) is 3.99. The summed E-state index contributed by atoms with van der Waals surface area (Å²) in [6.45, 7) is 13.4. The van der Waals surface area contributed by atoms with Crippen LogP contribution >= 0.6 is 0 Å². The Kier molecular flexibility index (Phi) is 7.77. The zero-order chi connectivity index (χ0) is 25.2. The topological polar surface area (TPSA) is 48.8 Å². The van der Waals surface area contributed by atoms with Gasteiger partial charge >= 0.3 is 0 Å². The Morgan fingerprint density at radius 3 is 2.54 bits per heavy atom. The standard InChI is InChI=1S/C28H37F2N3O2/c1-19-13-26(24-6-5-22(14-25(24)29)20(2)33-12-9-23(34)16-33)31-15-27(19)35-17-21-7-10-32(11-8-21)18-28(3,4)30/h5-6,13-15,21,23,34H,2,7-12,16-18H2,1,3-4H3. The fourth-order valence-corrected chi connectivity index (χ4v) is 4.96. The Hall–Kier alpha value is -2.51. The van der Waals surface area contributed by atoms with Crippen LogP contribution in [0.4, 0.5) is 8.78 Å². The highest BCUT2D eigenvalue weighted by atomic mass is 19.1. The second-order valence-corrected chi connectivity index (χ2v) is 10.6. The highest BCUT2D eigenvalue weighted by molar-refractivity contribution is 5.68. The molecule has 190 valence electrons. The number of benzene rings is 1. The maximum atomic E-state index is 15.0. The molecule has 0 saturated carbocycles. The lowest BCUT2D eigenvalue weighted by Gasteiger charge is -2.34. The number of alkyl halides is 1. The number of aliphatic hydroxyl groups is 1. The number of hydrogen-bond acceptors (Lipinski definition) is 5.